The third kappa shape index (κ3) is 4.51. The quantitative estimate of drug-likeness (QED) is 0.576. The van der Waals surface area contributed by atoms with E-state index in [2.05, 4.69) is 36.0 Å². The Balaban J connectivity index is 0.00000256. The molecule has 0 radical (unpaired) electrons. The Morgan fingerprint density at radius 3 is 2.63 bits per heavy atom. The van der Waals surface area contributed by atoms with E-state index < -0.39 is 0 Å². The Bertz CT molecular complexity index is 973. The van der Waals surface area contributed by atoms with E-state index in [-0.39, 0.29) is 18.3 Å². The number of carbonyl (C=O) groups is 1. The number of hydrogen-bond acceptors (Lipinski definition) is 6. The van der Waals surface area contributed by atoms with Crippen LogP contribution < -0.4 is 4.90 Å². The number of hydrogen-bond donors (Lipinski definition) is 0. The molecule has 0 bridgehead atoms. The first-order valence-corrected chi connectivity index (χ1v) is 10.9. The minimum Gasteiger partial charge on any atom is -0.379 e. The first kappa shape index (κ1) is 22.7. The van der Waals surface area contributed by atoms with E-state index in [4.69, 9.17) is 9.72 Å². The number of morpholine rings is 1. The van der Waals surface area contributed by atoms with Crippen LogP contribution in [0, 0.1) is 13.8 Å². The van der Waals surface area contributed by atoms with Crippen LogP contribution in [0.15, 0.2) is 24.4 Å². The molecular weight excluding hydrogens is 422 g/mol. The highest BCUT2D eigenvalue weighted by Crippen LogP contribution is 2.33. The summed E-state index contributed by atoms with van der Waals surface area (Å²) in [7, 11) is 0. The lowest BCUT2D eigenvalue weighted by Gasteiger charge is -2.29. The minimum absolute atomic E-state index is 0. The number of thiazole rings is 1. The molecule has 1 aliphatic heterocycles. The van der Waals surface area contributed by atoms with Crippen molar-refractivity contribution < 1.29 is 9.53 Å². The van der Waals surface area contributed by atoms with Gasteiger partial charge in [-0.25, -0.2) is 4.98 Å². The van der Waals surface area contributed by atoms with Crippen molar-refractivity contribution in [3.8, 4) is 0 Å². The van der Waals surface area contributed by atoms with E-state index in [0.29, 0.717) is 18.8 Å². The number of halogens is 1. The summed E-state index contributed by atoms with van der Waals surface area (Å²) in [5, 5.41) is 5.03. The molecule has 162 valence electrons. The van der Waals surface area contributed by atoms with Crippen LogP contribution in [-0.2, 0) is 11.3 Å². The molecule has 3 aromatic rings. The Hall–Kier alpha value is -2.00. The smallest absolute Gasteiger partial charge is 0.278 e. The number of anilines is 1. The van der Waals surface area contributed by atoms with Crippen LogP contribution in [0.4, 0.5) is 5.13 Å². The molecule has 3 heterocycles. The SMILES string of the molecule is CCn1nccc1C(=O)N(CCN1CCOCC1)c1nc2c(C)ccc(C)c2s1.Cl. The second-order valence-electron chi connectivity index (χ2n) is 7.32. The summed E-state index contributed by atoms with van der Waals surface area (Å²) in [5.41, 5.74) is 3.90. The fourth-order valence-corrected chi connectivity index (χ4v) is 4.75. The van der Waals surface area contributed by atoms with Crippen LogP contribution in [0.5, 0.6) is 0 Å². The van der Waals surface area contributed by atoms with Gasteiger partial charge in [0.15, 0.2) is 5.13 Å². The Labute approximate surface area is 187 Å². The number of nitrogens with zero attached hydrogens (tertiary/aromatic N) is 5. The Morgan fingerprint density at radius 2 is 1.93 bits per heavy atom. The maximum Gasteiger partial charge on any atom is 0.278 e. The molecular formula is C21H28ClN5O2S. The lowest BCUT2D eigenvalue weighted by molar-refractivity contribution is 0.0391. The Morgan fingerprint density at radius 1 is 1.20 bits per heavy atom. The lowest BCUT2D eigenvalue weighted by atomic mass is 10.1. The maximum absolute atomic E-state index is 13.5. The summed E-state index contributed by atoms with van der Waals surface area (Å²) in [6.45, 7) is 11.5. The lowest BCUT2D eigenvalue weighted by Crippen LogP contribution is -2.43. The molecule has 9 heteroatoms. The number of carbonyl (C=O) groups excluding carboxylic acids is 1. The molecule has 1 aromatic carbocycles. The van der Waals surface area contributed by atoms with Gasteiger partial charge < -0.3 is 4.74 Å². The van der Waals surface area contributed by atoms with E-state index in [1.54, 1.807) is 28.3 Å². The standard InChI is InChI=1S/C21H27N5O2S.ClH/c1-4-26-17(7-8-22-26)20(27)25(10-9-24-11-13-28-14-12-24)21-23-18-15(2)5-6-16(3)19(18)29-21;/h5-8H,4,9-14H2,1-3H3;1H. The zero-order chi connectivity index (χ0) is 20.4. The average Bonchev–Trinajstić information content (AvgIpc) is 3.39. The zero-order valence-electron chi connectivity index (χ0n) is 17.6. The molecule has 0 unspecified atom stereocenters. The number of benzene rings is 1. The molecule has 0 spiro atoms. The fourth-order valence-electron chi connectivity index (χ4n) is 3.62. The van der Waals surface area contributed by atoms with Gasteiger partial charge in [-0.05, 0) is 38.0 Å². The van der Waals surface area contributed by atoms with E-state index in [1.165, 1.54) is 5.56 Å². The first-order chi connectivity index (χ1) is 14.1. The van der Waals surface area contributed by atoms with Gasteiger partial charge in [0.25, 0.3) is 5.91 Å². The highest BCUT2D eigenvalue weighted by atomic mass is 35.5. The van der Waals surface area contributed by atoms with E-state index >= 15 is 0 Å². The van der Waals surface area contributed by atoms with Crippen molar-refractivity contribution >= 4 is 45.0 Å². The van der Waals surface area contributed by atoms with Gasteiger partial charge in [-0.15, -0.1) is 12.4 Å². The van der Waals surface area contributed by atoms with Crippen LogP contribution in [0.3, 0.4) is 0 Å². The number of amides is 1. The summed E-state index contributed by atoms with van der Waals surface area (Å²) < 4.78 is 8.34. The van der Waals surface area contributed by atoms with Gasteiger partial charge >= 0.3 is 0 Å². The number of ether oxygens (including phenoxy) is 1. The van der Waals surface area contributed by atoms with Gasteiger partial charge in [-0.2, -0.15) is 5.10 Å². The van der Waals surface area contributed by atoms with Crippen LogP contribution in [0.1, 0.15) is 28.5 Å². The summed E-state index contributed by atoms with van der Waals surface area (Å²) in [4.78, 5) is 22.5. The fraction of sp³-hybridized carbons (Fsp3) is 0.476. The summed E-state index contributed by atoms with van der Waals surface area (Å²) >= 11 is 1.59. The van der Waals surface area contributed by atoms with Crippen LogP contribution in [0.25, 0.3) is 10.2 Å². The predicted molar refractivity (Wildman–Crippen MR) is 123 cm³/mol. The molecule has 1 fully saturated rings. The van der Waals surface area contributed by atoms with Crippen molar-refractivity contribution in [2.75, 3.05) is 44.3 Å². The van der Waals surface area contributed by atoms with Crippen LogP contribution in [0.2, 0.25) is 0 Å². The van der Waals surface area contributed by atoms with Gasteiger partial charge in [0.2, 0.25) is 0 Å². The second-order valence-corrected chi connectivity index (χ2v) is 8.29. The van der Waals surface area contributed by atoms with Gasteiger partial charge in [0.1, 0.15) is 5.69 Å². The normalized spacial score (nSPS) is 14.6. The largest absolute Gasteiger partial charge is 0.379 e. The summed E-state index contributed by atoms with van der Waals surface area (Å²) in [5.74, 6) is -0.0491. The number of rotatable bonds is 6. The molecule has 7 nitrogen and oxygen atoms in total. The van der Waals surface area contributed by atoms with Crippen molar-refractivity contribution in [3.63, 3.8) is 0 Å². The molecule has 0 saturated carbocycles. The predicted octanol–water partition coefficient (Wildman–Crippen LogP) is 3.53. The van der Waals surface area contributed by atoms with Gasteiger partial charge in [0.05, 0.1) is 23.4 Å². The summed E-state index contributed by atoms with van der Waals surface area (Å²) in [6.07, 6.45) is 1.68. The van der Waals surface area contributed by atoms with Crippen LogP contribution >= 0.6 is 23.7 Å². The van der Waals surface area contributed by atoms with E-state index in [1.807, 2.05) is 11.8 Å². The number of aromatic nitrogens is 3. The van der Waals surface area contributed by atoms with Crippen molar-refractivity contribution in [2.24, 2.45) is 0 Å². The molecule has 1 saturated heterocycles. The minimum atomic E-state index is -0.0491. The van der Waals surface area contributed by atoms with Crippen molar-refractivity contribution in [1.29, 1.82) is 0 Å². The van der Waals surface area contributed by atoms with Crippen LogP contribution in [-0.4, -0.2) is 65.0 Å². The zero-order valence-corrected chi connectivity index (χ0v) is 19.3. The highest BCUT2D eigenvalue weighted by Gasteiger charge is 2.25. The molecule has 0 N–H and O–H groups in total. The molecule has 30 heavy (non-hydrogen) atoms. The van der Waals surface area contributed by atoms with E-state index in [9.17, 15) is 4.79 Å². The van der Waals surface area contributed by atoms with Gasteiger partial charge in [0, 0.05) is 38.9 Å². The van der Waals surface area contributed by atoms with Gasteiger partial charge in [-0.1, -0.05) is 23.5 Å². The molecule has 2 aromatic heterocycles. The maximum atomic E-state index is 13.5. The van der Waals surface area contributed by atoms with Crippen molar-refractivity contribution in [2.45, 2.75) is 27.3 Å². The number of aryl methyl sites for hydroxylation is 3. The Kier molecular flexibility index (Phi) is 7.46. The van der Waals surface area contributed by atoms with E-state index in [0.717, 1.165) is 53.8 Å². The number of fused-ring (bicyclic) bond motifs is 1. The first-order valence-electron chi connectivity index (χ1n) is 10.1. The highest BCUT2D eigenvalue weighted by molar-refractivity contribution is 7.22. The molecule has 4 rings (SSSR count). The second kappa shape index (κ2) is 9.87. The third-order valence-corrected chi connectivity index (χ3v) is 6.60. The third-order valence-electron chi connectivity index (χ3n) is 5.39. The average molecular weight is 450 g/mol. The molecule has 1 amide bonds. The van der Waals surface area contributed by atoms with Crippen molar-refractivity contribution in [3.05, 3.63) is 41.2 Å². The molecule has 0 atom stereocenters. The molecule has 1 aliphatic rings. The monoisotopic (exact) mass is 449 g/mol. The summed E-state index contributed by atoms with van der Waals surface area (Å²) in [6, 6.07) is 6.00. The van der Waals surface area contributed by atoms with Gasteiger partial charge in [-0.3, -0.25) is 19.3 Å². The molecule has 0 aliphatic carbocycles. The van der Waals surface area contributed by atoms with Crippen molar-refractivity contribution in [1.82, 2.24) is 19.7 Å². The topological polar surface area (TPSA) is 63.5 Å².